The molecular weight excluding hydrogens is 286 g/mol. The second-order valence-electron chi connectivity index (χ2n) is 5.48. The average Bonchev–Trinajstić information content (AvgIpc) is 2.76. The lowest BCUT2D eigenvalue weighted by Crippen LogP contribution is -2.39. The van der Waals surface area contributed by atoms with E-state index in [1.807, 2.05) is 6.92 Å². The van der Waals surface area contributed by atoms with Gasteiger partial charge < -0.3 is 0 Å². The van der Waals surface area contributed by atoms with E-state index < -0.39 is 0 Å². The van der Waals surface area contributed by atoms with Crippen LogP contribution in [0.15, 0.2) is 24.3 Å². The average molecular weight is 308 g/mol. The standard InChI is InChI=1S/C17H22ClNO2/c1-2-13(9-5-3-4-8-12-18)19-16(20)14-10-6-7-11-15(14)17(19)21/h6-7,10-11,13H,2-5,8-9,12H2,1H3. The molecule has 114 valence electrons. The number of hydrogen-bond donors (Lipinski definition) is 0. The van der Waals surface area contributed by atoms with Crippen LogP contribution < -0.4 is 0 Å². The van der Waals surface area contributed by atoms with Crippen molar-refractivity contribution in [2.75, 3.05) is 5.88 Å². The van der Waals surface area contributed by atoms with Crippen LogP contribution in [0.2, 0.25) is 0 Å². The topological polar surface area (TPSA) is 37.4 Å². The fraction of sp³-hybridized carbons (Fsp3) is 0.529. The van der Waals surface area contributed by atoms with Crippen molar-refractivity contribution in [2.45, 2.75) is 51.5 Å². The van der Waals surface area contributed by atoms with Crippen LogP contribution in [-0.4, -0.2) is 28.6 Å². The number of benzene rings is 1. The third-order valence-electron chi connectivity index (χ3n) is 4.08. The van der Waals surface area contributed by atoms with E-state index in [1.54, 1.807) is 24.3 Å². The van der Waals surface area contributed by atoms with E-state index in [0.717, 1.165) is 38.5 Å². The fourth-order valence-electron chi connectivity index (χ4n) is 2.88. The predicted molar refractivity (Wildman–Crippen MR) is 84.8 cm³/mol. The van der Waals surface area contributed by atoms with Gasteiger partial charge in [-0.1, -0.05) is 38.3 Å². The number of carbonyl (C=O) groups is 2. The van der Waals surface area contributed by atoms with Gasteiger partial charge in [-0.15, -0.1) is 11.6 Å². The molecule has 2 amide bonds. The second kappa shape index (κ2) is 7.60. The van der Waals surface area contributed by atoms with Gasteiger partial charge in [0.05, 0.1) is 11.1 Å². The van der Waals surface area contributed by atoms with Crippen LogP contribution in [0, 0.1) is 0 Å². The molecule has 21 heavy (non-hydrogen) atoms. The highest BCUT2D eigenvalue weighted by atomic mass is 35.5. The van der Waals surface area contributed by atoms with E-state index >= 15 is 0 Å². The Morgan fingerprint density at radius 1 is 1.00 bits per heavy atom. The molecule has 0 aliphatic carbocycles. The zero-order valence-corrected chi connectivity index (χ0v) is 13.2. The lowest BCUT2D eigenvalue weighted by Gasteiger charge is -2.25. The minimum Gasteiger partial charge on any atom is -0.271 e. The van der Waals surface area contributed by atoms with Crippen LogP contribution >= 0.6 is 11.6 Å². The lowest BCUT2D eigenvalue weighted by molar-refractivity contribution is 0.0569. The molecule has 1 unspecified atom stereocenters. The number of unbranched alkanes of at least 4 members (excludes halogenated alkanes) is 3. The van der Waals surface area contributed by atoms with Gasteiger partial charge in [0.2, 0.25) is 0 Å². The highest BCUT2D eigenvalue weighted by Crippen LogP contribution is 2.27. The van der Waals surface area contributed by atoms with Gasteiger partial charge in [-0.25, -0.2) is 0 Å². The van der Waals surface area contributed by atoms with Crippen molar-refractivity contribution in [3.8, 4) is 0 Å². The highest BCUT2D eigenvalue weighted by molar-refractivity contribution is 6.21. The van der Waals surface area contributed by atoms with Crippen LogP contribution in [0.3, 0.4) is 0 Å². The molecule has 0 fully saturated rings. The molecule has 2 rings (SSSR count). The van der Waals surface area contributed by atoms with Gasteiger partial charge in [0.1, 0.15) is 0 Å². The molecule has 0 bridgehead atoms. The minimum absolute atomic E-state index is 0.00778. The summed E-state index contributed by atoms with van der Waals surface area (Å²) in [6.07, 6.45) is 5.97. The highest BCUT2D eigenvalue weighted by Gasteiger charge is 2.38. The molecule has 0 radical (unpaired) electrons. The molecule has 0 spiro atoms. The third kappa shape index (κ3) is 3.46. The molecule has 1 aliphatic rings. The summed E-state index contributed by atoms with van der Waals surface area (Å²) in [5.74, 6) is 0.432. The summed E-state index contributed by atoms with van der Waals surface area (Å²) >= 11 is 5.67. The van der Waals surface area contributed by atoms with E-state index in [0.29, 0.717) is 17.0 Å². The first kappa shape index (κ1) is 16.0. The number of rotatable bonds is 8. The van der Waals surface area contributed by atoms with Crippen LogP contribution in [-0.2, 0) is 0 Å². The molecular formula is C17H22ClNO2. The Morgan fingerprint density at radius 2 is 1.57 bits per heavy atom. The first-order chi connectivity index (χ1) is 10.2. The summed E-state index contributed by atoms with van der Waals surface area (Å²) < 4.78 is 0. The minimum atomic E-state index is -0.136. The van der Waals surface area contributed by atoms with Crippen LogP contribution in [0.25, 0.3) is 0 Å². The number of carbonyl (C=O) groups excluding carboxylic acids is 2. The Bertz CT molecular complexity index is 480. The van der Waals surface area contributed by atoms with Crippen molar-refractivity contribution < 1.29 is 9.59 Å². The number of hydrogen-bond acceptors (Lipinski definition) is 2. The van der Waals surface area contributed by atoms with E-state index in [-0.39, 0.29) is 17.9 Å². The smallest absolute Gasteiger partial charge is 0.261 e. The molecule has 0 saturated carbocycles. The van der Waals surface area contributed by atoms with Gasteiger partial charge in [-0.2, -0.15) is 0 Å². The maximum Gasteiger partial charge on any atom is 0.261 e. The molecule has 1 aromatic carbocycles. The molecule has 0 aromatic heterocycles. The number of imide groups is 1. The molecule has 4 heteroatoms. The van der Waals surface area contributed by atoms with Gasteiger partial charge >= 0.3 is 0 Å². The number of amides is 2. The van der Waals surface area contributed by atoms with Crippen molar-refractivity contribution in [1.29, 1.82) is 0 Å². The fourth-order valence-corrected chi connectivity index (χ4v) is 3.07. The van der Waals surface area contributed by atoms with Crippen molar-refractivity contribution in [3.05, 3.63) is 35.4 Å². The van der Waals surface area contributed by atoms with Gasteiger partial charge in [0, 0.05) is 11.9 Å². The quantitative estimate of drug-likeness (QED) is 0.409. The number of fused-ring (bicyclic) bond motifs is 1. The lowest BCUT2D eigenvalue weighted by atomic mass is 10.0. The SMILES string of the molecule is CCC(CCCCCCCl)N1C(=O)c2ccccc2C1=O. The van der Waals surface area contributed by atoms with Gasteiger partial charge in [-0.05, 0) is 31.4 Å². The molecule has 1 aromatic rings. The predicted octanol–water partition coefficient (Wildman–Crippen LogP) is 4.25. The van der Waals surface area contributed by atoms with Crippen LogP contribution in [0.5, 0.6) is 0 Å². The normalized spacial score (nSPS) is 15.4. The number of nitrogens with zero attached hydrogens (tertiary/aromatic N) is 1. The summed E-state index contributed by atoms with van der Waals surface area (Å²) in [5, 5.41) is 0. The van der Waals surface area contributed by atoms with E-state index in [1.165, 1.54) is 4.90 Å². The summed E-state index contributed by atoms with van der Waals surface area (Å²) in [7, 11) is 0. The van der Waals surface area contributed by atoms with Gasteiger partial charge in [0.25, 0.3) is 11.8 Å². The van der Waals surface area contributed by atoms with Gasteiger partial charge in [0.15, 0.2) is 0 Å². The Morgan fingerprint density at radius 3 is 2.10 bits per heavy atom. The number of alkyl halides is 1. The van der Waals surface area contributed by atoms with Crippen molar-refractivity contribution in [2.24, 2.45) is 0 Å². The Balaban J connectivity index is 2.00. The Labute approximate surface area is 131 Å². The maximum atomic E-state index is 12.4. The first-order valence-electron chi connectivity index (χ1n) is 7.73. The second-order valence-corrected chi connectivity index (χ2v) is 5.86. The first-order valence-corrected chi connectivity index (χ1v) is 8.27. The van der Waals surface area contributed by atoms with E-state index in [4.69, 9.17) is 11.6 Å². The van der Waals surface area contributed by atoms with Crippen LogP contribution in [0.1, 0.15) is 66.2 Å². The van der Waals surface area contributed by atoms with Crippen molar-refractivity contribution in [3.63, 3.8) is 0 Å². The van der Waals surface area contributed by atoms with E-state index in [2.05, 4.69) is 0 Å². The summed E-state index contributed by atoms with van der Waals surface area (Å²) in [6.45, 7) is 2.03. The molecule has 0 saturated heterocycles. The molecule has 1 heterocycles. The Kier molecular flexibility index (Phi) is 5.80. The molecule has 3 nitrogen and oxygen atoms in total. The maximum absolute atomic E-state index is 12.4. The summed E-state index contributed by atoms with van der Waals surface area (Å²) in [5.41, 5.74) is 1.09. The monoisotopic (exact) mass is 307 g/mol. The number of halogens is 1. The van der Waals surface area contributed by atoms with Crippen LogP contribution in [0.4, 0.5) is 0 Å². The zero-order chi connectivity index (χ0) is 15.2. The molecule has 0 N–H and O–H groups in total. The largest absolute Gasteiger partial charge is 0.271 e. The Hall–Kier alpha value is -1.35. The summed E-state index contributed by atoms with van der Waals surface area (Å²) in [4.78, 5) is 26.3. The zero-order valence-electron chi connectivity index (χ0n) is 12.5. The van der Waals surface area contributed by atoms with Crippen molar-refractivity contribution in [1.82, 2.24) is 4.90 Å². The molecule has 1 atom stereocenters. The third-order valence-corrected chi connectivity index (χ3v) is 4.35. The van der Waals surface area contributed by atoms with Gasteiger partial charge in [-0.3, -0.25) is 14.5 Å². The van der Waals surface area contributed by atoms with E-state index in [9.17, 15) is 9.59 Å². The van der Waals surface area contributed by atoms with Crippen molar-refractivity contribution >= 4 is 23.4 Å². The molecule has 1 aliphatic heterocycles. The summed E-state index contributed by atoms with van der Waals surface area (Å²) in [6, 6.07) is 7.10.